The molecular weight excluding hydrogens is 252 g/mol. The predicted molar refractivity (Wildman–Crippen MR) is 79.8 cm³/mol. The third kappa shape index (κ3) is 2.46. The molecule has 1 fully saturated rings. The van der Waals surface area contributed by atoms with Gasteiger partial charge in [0.1, 0.15) is 0 Å². The molecule has 1 unspecified atom stereocenters. The summed E-state index contributed by atoms with van der Waals surface area (Å²) in [6.07, 6.45) is 2.30. The monoisotopic (exact) mass is 270 g/mol. The van der Waals surface area contributed by atoms with Gasteiger partial charge in [-0.1, -0.05) is 13.0 Å². The number of aromatic nitrogens is 1. The van der Waals surface area contributed by atoms with E-state index < -0.39 is 0 Å². The van der Waals surface area contributed by atoms with E-state index >= 15 is 0 Å². The highest BCUT2D eigenvalue weighted by Crippen LogP contribution is 2.37. The number of hydrogen-bond acceptors (Lipinski definition) is 2. The normalized spacial score (nSPS) is 16.1. The number of carbonyl (C=O) groups excluding carboxylic acids is 1. The van der Waals surface area contributed by atoms with Gasteiger partial charge in [-0.15, -0.1) is 0 Å². The Balaban J connectivity index is 1.87. The van der Waals surface area contributed by atoms with Gasteiger partial charge in [0.05, 0.1) is 5.52 Å². The van der Waals surface area contributed by atoms with Crippen molar-refractivity contribution >= 4 is 22.5 Å². The first-order chi connectivity index (χ1) is 9.54. The van der Waals surface area contributed by atoms with Gasteiger partial charge in [-0.05, 0) is 49.3 Å². The van der Waals surface area contributed by atoms with Crippen molar-refractivity contribution in [3.63, 3.8) is 0 Å². The molecule has 1 heterocycles. The van der Waals surface area contributed by atoms with Gasteiger partial charge in [-0.3, -0.25) is 9.59 Å². The van der Waals surface area contributed by atoms with Crippen LogP contribution in [0.1, 0.15) is 25.3 Å². The summed E-state index contributed by atoms with van der Waals surface area (Å²) < 4.78 is 0. The molecule has 4 nitrogen and oxygen atoms in total. The van der Waals surface area contributed by atoms with E-state index in [-0.39, 0.29) is 17.4 Å². The minimum absolute atomic E-state index is 0.0568. The standard InChI is InChI=1S/C16H18N2O2/c1-9-7-12-5-6-13(8-14(12)18-15(9)19)17-16(20)10(2)11-3-4-11/h5-8,10-11H,3-4H2,1-2H3,(H,17,20)(H,18,19). The molecule has 1 aromatic carbocycles. The van der Waals surface area contributed by atoms with Crippen LogP contribution in [0.2, 0.25) is 0 Å². The lowest BCUT2D eigenvalue weighted by Gasteiger charge is -2.11. The molecule has 1 aliphatic carbocycles. The average molecular weight is 270 g/mol. The Labute approximate surface area is 117 Å². The molecule has 4 heteroatoms. The second-order valence-electron chi connectivity index (χ2n) is 5.70. The van der Waals surface area contributed by atoms with Crippen LogP contribution in [-0.2, 0) is 4.79 Å². The number of anilines is 1. The van der Waals surface area contributed by atoms with Crippen molar-refractivity contribution in [3.8, 4) is 0 Å². The van der Waals surface area contributed by atoms with E-state index in [0.29, 0.717) is 11.5 Å². The first kappa shape index (κ1) is 12.9. The summed E-state index contributed by atoms with van der Waals surface area (Å²) in [7, 11) is 0. The number of hydrogen-bond donors (Lipinski definition) is 2. The highest BCUT2D eigenvalue weighted by Gasteiger charge is 2.32. The fourth-order valence-electron chi connectivity index (χ4n) is 2.45. The molecule has 1 saturated carbocycles. The van der Waals surface area contributed by atoms with E-state index in [1.165, 1.54) is 0 Å². The van der Waals surface area contributed by atoms with E-state index in [2.05, 4.69) is 10.3 Å². The third-order valence-electron chi connectivity index (χ3n) is 4.04. The number of aromatic amines is 1. The maximum absolute atomic E-state index is 12.1. The summed E-state index contributed by atoms with van der Waals surface area (Å²) in [5.41, 5.74) is 2.08. The summed E-state index contributed by atoms with van der Waals surface area (Å²) in [4.78, 5) is 26.5. The number of fused-ring (bicyclic) bond motifs is 1. The number of carbonyl (C=O) groups is 1. The molecule has 0 radical (unpaired) electrons. The van der Waals surface area contributed by atoms with Crippen molar-refractivity contribution in [3.05, 3.63) is 40.2 Å². The number of benzene rings is 1. The Hall–Kier alpha value is -2.10. The van der Waals surface area contributed by atoms with Gasteiger partial charge in [0.25, 0.3) is 5.56 Å². The molecule has 0 aliphatic heterocycles. The van der Waals surface area contributed by atoms with E-state index in [1.807, 2.05) is 31.2 Å². The van der Waals surface area contributed by atoms with Gasteiger partial charge in [0.15, 0.2) is 0 Å². The molecule has 1 aromatic heterocycles. The Kier molecular flexibility index (Phi) is 3.08. The van der Waals surface area contributed by atoms with Crippen LogP contribution >= 0.6 is 0 Å². The molecule has 1 amide bonds. The van der Waals surface area contributed by atoms with E-state index in [9.17, 15) is 9.59 Å². The Morgan fingerprint density at radius 3 is 2.80 bits per heavy atom. The summed E-state index contributed by atoms with van der Waals surface area (Å²) in [5.74, 6) is 0.655. The first-order valence-electron chi connectivity index (χ1n) is 6.99. The molecule has 3 rings (SSSR count). The largest absolute Gasteiger partial charge is 0.326 e. The maximum atomic E-state index is 12.1. The molecule has 1 atom stereocenters. The van der Waals surface area contributed by atoms with Gasteiger partial charge < -0.3 is 10.3 Å². The van der Waals surface area contributed by atoms with Gasteiger partial charge in [0.2, 0.25) is 5.91 Å². The highest BCUT2D eigenvalue weighted by molar-refractivity contribution is 5.95. The summed E-state index contributed by atoms with van der Waals surface area (Å²) in [6, 6.07) is 7.45. The Morgan fingerprint density at radius 2 is 2.10 bits per heavy atom. The third-order valence-corrected chi connectivity index (χ3v) is 4.04. The molecule has 0 saturated heterocycles. The zero-order chi connectivity index (χ0) is 14.3. The summed E-state index contributed by atoms with van der Waals surface area (Å²) in [6.45, 7) is 3.75. The number of pyridine rings is 1. The van der Waals surface area contributed by atoms with Crippen LogP contribution in [0.25, 0.3) is 10.9 Å². The van der Waals surface area contributed by atoms with Gasteiger partial charge in [-0.2, -0.15) is 0 Å². The van der Waals surface area contributed by atoms with Gasteiger partial charge in [-0.25, -0.2) is 0 Å². The SMILES string of the molecule is Cc1cc2ccc(NC(=O)C(C)C3CC3)cc2[nH]c1=O. The van der Waals surface area contributed by atoms with Crippen LogP contribution in [0.4, 0.5) is 5.69 Å². The topological polar surface area (TPSA) is 62.0 Å². The highest BCUT2D eigenvalue weighted by atomic mass is 16.2. The van der Waals surface area contributed by atoms with Crippen molar-refractivity contribution in [2.45, 2.75) is 26.7 Å². The van der Waals surface area contributed by atoms with Gasteiger partial charge in [0, 0.05) is 17.2 Å². The number of amides is 1. The zero-order valence-corrected chi connectivity index (χ0v) is 11.7. The van der Waals surface area contributed by atoms with E-state index in [1.54, 1.807) is 6.92 Å². The molecule has 0 bridgehead atoms. The van der Waals surface area contributed by atoms with Crippen LogP contribution in [-0.4, -0.2) is 10.9 Å². The number of nitrogens with one attached hydrogen (secondary N) is 2. The van der Waals surface area contributed by atoms with Crippen molar-refractivity contribution in [2.75, 3.05) is 5.32 Å². The lowest BCUT2D eigenvalue weighted by Crippen LogP contribution is -2.21. The van der Waals surface area contributed by atoms with Crippen molar-refractivity contribution in [1.82, 2.24) is 4.98 Å². The van der Waals surface area contributed by atoms with Crippen LogP contribution in [0.5, 0.6) is 0 Å². The molecule has 2 N–H and O–H groups in total. The quantitative estimate of drug-likeness (QED) is 0.900. The lowest BCUT2D eigenvalue weighted by atomic mass is 10.1. The summed E-state index contributed by atoms with van der Waals surface area (Å²) >= 11 is 0. The zero-order valence-electron chi connectivity index (χ0n) is 11.7. The molecule has 1 aliphatic rings. The van der Waals surface area contributed by atoms with Crippen molar-refractivity contribution in [2.24, 2.45) is 11.8 Å². The Bertz CT molecular complexity index is 729. The fraction of sp³-hybridized carbons (Fsp3) is 0.375. The summed E-state index contributed by atoms with van der Waals surface area (Å²) in [5, 5.41) is 3.90. The molecular formula is C16H18N2O2. The molecule has 20 heavy (non-hydrogen) atoms. The second kappa shape index (κ2) is 4.78. The van der Waals surface area contributed by atoms with Gasteiger partial charge >= 0.3 is 0 Å². The first-order valence-corrected chi connectivity index (χ1v) is 6.99. The molecule has 0 spiro atoms. The Morgan fingerprint density at radius 1 is 1.35 bits per heavy atom. The number of aryl methyl sites for hydroxylation is 1. The number of rotatable bonds is 3. The second-order valence-corrected chi connectivity index (χ2v) is 5.70. The van der Waals surface area contributed by atoms with Crippen LogP contribution in [0.15, 0.2) is 29.1 Å². The van der Waals surface area contributed by atoms with Crippen LogP contribution in [0.3, 0.4) is 0 Å². The van der Waals surface area contributed by atoms with E-state index in [4.69, 9.17) is 0 Å². The number of H-pyrrole nitrogens is 1. The molecule has 104 valence electrons. The average Bonchev–Trinajstić information content (AvgIpc) is 3.24. The van der Waals surface area contributed by atoms with Crippen molar-refractivity contribution < 1.29 is 4.79 Å². The van der Waals surface area contributed by atoms with Crippen LogP contribution < -0.4 is 10.9 Å². The smallest absolute Gasteiger partial charge is 0.251 e. The lowest BCUT2D eigenvalue weighted by molar-refractivity contribution is -0.119. The minimum Gasteiger partial charge on any atom is -0.326 e. The van der Waals surface area contributed by atoms with Crippen LogP contribution in [0, 0.1) is 18.8 Å². The minimum atomic E-state index is -0.0904. The van der Waals surface area contributed by atoms with E-state index in [0.717, 1.165) is 29.4 Å². The maximum Gasteiger partial charge on any atom is 0.251 e. The fourth-order valence-corrected chi connectivity index (χ4v) is 2.45. The van der Waals surface area contributed by atoms with Crippen molar-refractivity contribution in [1.29, 1.82) is 0 Å². The molecule has 2 aromatic rings. The predicted octanol–water partition coefficient (Wildman–Crippen LogP) is 2.82.